The van der Waals surface area contributed by atoms with E-state index in [0.29, 0.717) is 35.6 Å². The molecule has 0 radical (unpaired) electrons. The number of aromatic nitrogens is 5. The number of nitrogen functional groups attached to an aromatic ring is 1. The molecule has 4 aromatic heterocycles. The summed E-state index contributed by atoms with van der Waals surface area (Å²) in [6.45, 7) is 2.36. The number of alkyl halides is 3. The van der Waals surface area contributed by atoms with E-state index < -0.39 is 23.7 Å². The molecule has 0 bridgehead atoms. The second-order valence-electron chi connectivity index (χ2n) is 8.23. The van der Waals surface area contributed by atoms with Gasteiger partial charge in [0.25, 0.3) is 5.91 Å². The first-order chi connectivity index (χ1) is 16.6. The predicted molar refractivity (Wildman–Crippen MR) is 120 cm³/mol. The maximum atomic E-state index is 13.7. The third-order valence-electron chi connectivity index (χ3n) is 5.95. The molecular formula is C23H20F3N7O2. The van der Waals surface area contributed by atoms with Crippen molar-refractivity contribution in [1.29, 1.82) is 0 Å². The minimum Gasteiger partial charge on any atom is -0.383 e. The van der Waals surface area contributed by atoms with Crippen molar-refractivity contribution in [2.45, 2.75) is 32.4 Å². The number of nitrogens with two attached hydrogens (primary N) is 1. The van der Waals surface area contributed by atoms with Crippen molar-refractivity contribution < 1.29 is 22.7 Å². The molecule has 0 saturated heterocycles. The number of carbonyl (C=O) groups is 1. The summed E-state index contributed by atoms with van der Waals surface area (Å²) in [5, 5.41) is 4.84. The number of aryl methyl sites for hydroxylation is 1. The SMILES string of the molecule is C[C@H](c1ccc(C(F)(F)F)cn1)N(C(=O)c1cc2c3c(c(N)nc2cn1)COC3)c1cnn(C)c1. The maximum Gasteiger partial charge on any atom is 0.417 e. The number of fused-ring (bicyclic) bond motifs is 3. The van der Waals surface area contributed by atoms with E-state index in [-0.39, 0.29) is 11.4 Å². The number of halogens is 3. The number of pyridine rings is 3. The Morgan fingerprint density at radius 2 is 1.94 bits per heavy atom. The van der Waals surface area contributed by atoms with Gasteiger partial charge in [-0.2, -0.15) is 18.3 Å². The third-order valence-corrected chi connectivity index (χ3v) is 5.95. The second kappa shape index (κ2) is 8.31. The van der Waals surface area contributed by atoms with Crippen LogP contribution in [0.4, 0.5) is 24.7 Å². The van der Waals surface area contributed by atoms with E-state index in [1.807, 2.05) is 0 Å². The second-order valence-corrected chi connectivity index (χ2v) is 8.23. The van der Waals surface area contributed by atoms with Crippen molar-refractivity contribution in [3.8, 4) is 0 Å². The average Bonchev–Trinajstić information content (AvgIpc) is 3.48. The molecule has 1 aliphatic rings. The topological polar surface area (TPSA) is 112 Å². The van der Waals surface area contributed by atoms with Crippen molar-refractivity contribution in [2.75, 3.05) is 10.6 Å². The molecule has 35 heavy (non-hydrogen) atoms. The normalized spacial score (nSPS) is 14.2. The highest BCUT2D eigenvalue weighted by Crippen LogP contribution is 2.34. The minimum atomic E-state index is -4.51. The van der Waals surface area contributed by atoms with Gasteiger partial charge >= 0.3 is 6.18 Å². The minimum absolute atomic E-state index is 0.126. The number of hydrogen-bond acceptors (Lipinski definition) is 7. The van der Waals surface area contributed by atoms with Gasteiger partial charge in [-0.05, 0) is 30.7 Å². The molecule has 2 N–H and O–H groups in total. The zero-order valence-corrected chi connectivity index (χ0v) is 18.7. The molecule has 1 amide bonds. The van der Waals surface area contributed by atoms with Crippen LogP contribution in [-0.2, 0) is 31.2 Å². The molecule has 5 rings (SSSR count). The fourth-order valence-electron chi connectivity index (χ4n) is 4.12. The molecule has 4 aromatic rings. The van der Waals surface area contributed by atoms with Crippen LogP contribution in [0.3, 0.4) is 0 Å². The fraction of sp³-hybridized carbons (Fsp3) is 0.261. The first-order valence-electron chi connectivity index (χ1n) is 10.6. The van der Waals surface area contributed by atoms with Crippen LogP contribution in [0.5, 0.6) is 0 Å². The van der Waals surface area contributed by atoms with Crippen molar-refractivity contribution in [1.82, 2.24) is 24.7 Å². The van der Waals surface area contributed by atoms with Gasteiger partial charge in [0.1, 0.15) is 11.5 Å². The van der Waals surface area contributed by atoms with Gasteiger partial charge < -0.3 is 10.5 Å². The monoisotopic (exact) mass is 483 g/mol. The molecule has 1 atom stereocenters. The molecule has 0 aromatic carbocycles. The quantitative estimate of drug-likeness (QED) is 0.470. The average molecular weight is 483 g/mol. The lowest BCUT2D eigenvalue weighted by molar-refractivity contribution is -0.137. The Balaban J connectivity index is 1.56. The summed E-state index contributed by atoms with van der Waals surface area (Å²) in [6.07, 6.45) is 0.843. The summed E-state index contributed by atoms with van der Waals surface area (Å²) >= 11 is 0. The van der Waals surface area contributed by atoms with Crippen LogP contribution in [0.15, 0.2) is 43.0 Å². The molecule has 1 aliphatic heterocycles. The molecule has 0 fully saturated rings. The standard InChI is InChI=1S/C23H20F3N7O2/c1-12(18-4-3-13(6-28-18)23(24,25)26)33(14-7-30-32(2)9-14)22(34)19-5-15-16-10-35-11-17(16)21(27)31-20(15)8-29-19/h3-9,12H,10-11H2,1-2H3,(H2,27,31)/t12-/m1/s1. The Bertz CT molecular complexity index is 1430. The van der Waals surface area contributed by atoms with Gasteiger partial charge in [-0.3, -0.25) is 19.4 Å². The number of ether oxygens (including phenoxy) is 1. The first-order valence-corrected chi connectivity index (χ1v) is 10.6. The highest BCUT2D eigenvalue weighted by molar-refractivity contribution is 6.07. The fourth-order valence-corrected chi connectivity index (χ4v) is 4.12. The van der Waals surface area contributed by atoms with Crippen LogP contribution in [0.2, 0.25) is 0 Å². The van der Waals surface area contributed by atoms with Gasteiger partial charge in [-0.15, -0.1) is 0 Å². The van der Waals surface area contributed by atoms with Gasteiger partial charge in [0.2, 0.25) is 0 Å². The van der Waals surface area contributed by atoms with E-state index in [0.717, 1.165) is 23.4 Å². The maximum absolute atomic E-state index is 13.7. The molecule has 0 unspecified atom stereocenters. The van der Waals surface area contributed by atoms with E-state index in [4.69, 9.17) is 10.5 Å². The summed E-state index contributed by atoms with van der Waals surface area (Å²) in [7, 11) is 1.70. The van der Waals surface area contributed by atoms with Crippen molar-refractivity contribution >= 4 is 28.3 Å². The van der Waals surface area contributed by atoms with Crippen LogP contribution < -0.4 is 10.6 Å². The van der Waals surface area contributed by atoms with Crippen LogP contribution in [-0.4, -0.2) is 30.6 Å². The summed E-state index contributed by atoms with van der Waals surface area (Å²) < 4.78 is 46.0. The van der Waals surface area contributed by atoms with Crippen molar-refractivity contribution in [2.24, 2.45) is 7.05 Å². The molecule has 180 valence electrons. The zero-order valence-electron chi connectivity index (χ0n) is 18.7. The Labute approximate surface area is 197 Å². The lowest BCUT2D eigenvalue weighted by Crippen LogP contribution is -2.34. The smallest absolute Gasteiger partial charge is 0.383 e. The molecule has 12 heteroatoms. The lowest BCUT2D eigenvalue weighted by Gasteiger charge is -2.27. The number of carbonyl (C=O) groups excluding carboxylic acids is 1. The first kappa shape index (κ1) is 22.7. The molecule has 0 saturated carbocycles. The van der Waals surface area contributed by atoms with Crippen LogP contribution in [0.25, 0.3) is 10.9 Å². The number of nitrogens with zero attached hydrogens (tertiary/aromatic N) is 6. The Kier molecular flexibility index (Phi) is 5.39. The highest BCUT2D eigenvalue weighted by atomic mass is 19.4. The molecular weight excluding hydrogens is 463 g/mol. The third kappa shape index (κ3) is 4.05. The largest absolute Gasteiger partial charge is 0.417 e. The van der Waals surface area contributed by atoms with Crippen LogP contribution in [0, 0.1) is 0 Å². The van der Waals surface area contributed by atoms with E-state index >= 15 is 0 Å². The summed E-state index contributed by atoms with van der Waals surface area (Å²) in [4.78, 5) is 27.8. The number of amides is 1. The molecule has 0 aliphatic carbocycles. The summed E-state index contributed by atoms with van der Waals surface area (Å²) in [5.74, 6) is -0.108. The highest BCUT2D eigenvalue weighted by Gasteiger charge is 2.32. The van der Waals surface area contributed by atoms with E-state index in [2.05, 4.69) is 20.1 Å². The van der Waals surface area contributed by atoms with Gasteiger partial charge in [-0.1, -0.05) is 0 Å². The van der Waals surface area contributed by atoms with Crippen molar-refractivity contribution in [3.63, 3.8) is 0 Å². The number of hydrogen-bond donors (Lipinski definition) is 1. The van der Waals surface area contributed by atoms with Crippen LogP contribution in [0.1, 0.15) is 45.8 Å². The Morgan fingerprint density at radius 1 is 1.17 bits per heavy atom. The molecule has 9 nitrogen and oxygen atoms in total. The number of rotatable bonds is 4. The lowest BCUT2D eigenvalue weighted by atomic mass is 10.0. The van der Waals surface area contributed by atoms with Gasteiger partial charge in [0, 0.05) is 30.4 Å². The molecule has 0 spiro atoms. The number of anilines is 2. The van der Waals surface area contributed by atoms with E-state index in [1.54, 1.807) is 26.2 Å². The summed E-state index contributed by atoms with van der Waals surface area (Å²) in [5.41, 5.74) is 8.18. The van der Waals surface area contributed by atoms with Crippen molar-refractivity contribution in [3.05, 3.63) is 71.1 Å². The van der Waals surface area contributed by atoms with E-state index in [1.165, 1.54) is 28.0 Å². The summed E-state index contributed by atoms with van der Waals surface area (Å²) in [6, 6.07) is 3.12. The zero-order chi connectivity index (χ0) is 24.9. The van der Waals surface area contributed by atoms with Gasteiger partial charge in [-0.25, -0.2) is 9.97 Å². The Hall–Kier alpha value is -4.06. The Morgan fingerprint density at radius 3 is 2.60 bits per heavy atom. The van der Waals surface area contributed by atoms with Gasteiger partial charge in [0.15, 0.2) is 0 Å². The molecule has 5 heterocycles. The van der Waals surface area contributed by atoms with Crippen LogP contribution >= 0.6 is 0 Å². The predicted octanol–water partition coefficient (Wildman–Crippen LogP) is 3.80. The van der Waals surface area contributed by atoms with E-state index in [9.17, 15) is 18.0 Å². The van der Waals surface area contributed by atoms with Gasteiger partial charge in [0.05, 0.1) is 54.1 Å².